The molecule has 0 spiro atoms. The van der Waals surface area contributed by atoms with Gasteiger partial charge in [-0.3, -0.25) is 4.79 Å². The smallest absolute Gasteiger partial charge is 0.181 e. The number of benzene rings is 1. The van der Waals surface area contributed by atoms with E-state index >= 15 is 0 Å². The number of carbonyl (C=O) groups is 1. The minimum absolute atomic E-state index is 0.0390. The molecule has 0 aliphatic heterocycles. The van der Waals surface area contributed by atoms with Gasteiger partial charge in [0.05, 0.1) is 11.1 Å². The fraction of sp³-hybridized carbons (Fsp3) is 0.200. The number of hydrogen-bond acceptors (Lipinski definition) is 3. The van der Waals surface area contributed by atoms with Crippen molar-refractivity contribution in [3.8, 4) is 11.8 Å². The van der Waals surface area contributed by atoms with Gasteiger partial charge in [0.1, 0.15) is 11.7 Å². The molecule has 1 aromatic rings. The fourth-order valence-corrected chi connectivity index (χ4v) is 1.20. The Balaban J connectivity index is 3.14. The average molecular weight is 210 g/mol. The Morgan fingerprint density at radius 1 is 1.64 bits per heavy atom. The van der Waals surface area contributed by atoms with Crippen LogP contribution in [0.5, 0.6) is 5.75 Å². The minimum atomic E-state index is -0.755. The quantitative estimate of drug-likeness (QED) is 0.761. The van der Waals surface area contributed by atoms with Crippen molar-refractivity contribution in [3.63, 3.8) is 0 Å². The monoisotopic (exact) mass is 209 g/mol. The van der Waals surface area contributed by atoms with Gasteiger partial charge in [-0.2, -0.15) is 5.26 Å². The number of nitriles is 1. The van der Waals surface area contributed by atoms with Gasteiger partial charge in [0.2, 0.25) is 0 Å². The normalized spacial score (nSPS) is 11.8. The Kier molecular flexibility index (Phi) is 3.10. The Labute approximate surface area is 86.5 Å². The lowest BCUT2D eigenvalue weighted by Crippen LogP contribution is -2.09. The van der Waals surface area contributed by atoms with Crippen molar-refractivity contribution in [2.45, 2.75) is 6.92 Å². The van der Waals surface area contributed by atoms with Gasteiger partial charge in [0.15, 0.2) is 5.78 Å². The van der Waals surface area contributed by atoms with Gasteiger partial charge in [-0.05, 0) is 25.1 Å². The predicted octanol–water partition coefficient (Wildman–Crippen LogP) is 2.39. The van der Waals surface area contributed by atoms with E-state index in [1.165, 1.54) is 25.1 Å². The van der Waals surface area contributed by atoms with Crippen LogP contribution in [-0.2, 0) is 0 Å². The van der Waals surface area contributed by atoms with Gasteiger partial charge in [0.25, 0.3) is 0 Å². The third-order valence-electron chi connectivity index (χ3n) is 1.80. The summed E-state index contributed by atoms with van der Waals surface area (Å²) < 4.78 is 0. The number of aromatic hydroxyl groups is 1. The number of hydrogen-bond donors (Lipinski definition) is 1. The summed E-state index contributed by atoms with van der Waals surface area (Å²) in [5.74, 6) is -1.18. The molecule has 0 aliphatic rings. The second-order valence-corrected chi connectivity index (χ2v) is 3.29. The maximum absolute atomic E-state index is 11.5. The van der Waals surface area contributed by atoms with Crippen LogP contribution in [0.25, 0.3) is 0 Å². The van der Waals surface area contributed by atoms with Gasteiger partial charge in [0, 0.05) is 5.56 Å². The molecule has 0 bridgehead atoms. The first-order chi connectivity index (χ1) is 6.56. The molecule has 72 valence electrons. The largest absolute Gasteiger partial charge is 0.508 e. The second-order valence-electron chi connectivity index (χ2n) is 2.88. The maximum atomic E-state index is 11.5. The molecule has 0 radical (unpaired) electrons. The van der Waals surface area contributed by atoms with Crippen molar-refractivity contribution in [1.82, 2.24) is 0 Å². The van der Waals surface area contributed by atoms with Gasteiger partial charge in [-0.1, -0.05) is 11.6 Å². The highest BCUT2D eigenvalue weighted by molar-refractivity contribution is 6.34. The number of carbonyl (C=O) groups excluding carboxylic acids is 1. The zero-order chi connectivity index (χ0) is 10.7. The van der Waals surface area contributed by atoms with E-state index in [1.807, 2.05) is 6.07 Å². The molecule has 1 atom stereocenters. The van der Waals surface area contributed by atoms with E-state index in [1.54, 1.807) is 0 Å². The highest BCUT2D eigenvalue weighted by Gasteiger charge is 2.17. The molecule has 0 fully saturated rings. The fourth-order valence-electron chi connectivity index (χ4n) is 0.994. The van der Waals surface area contributed by atoms with Crippen LogP contribution in [0.15, 0.2) is 18.2 Å². The molecule has 1 aromatic carbocycles. The lowest BCUT2D eigenvalue weighted by molar-refractivity contribution is 0.0956. The van der Waals surface area contributed by atoms with Crippen molar-refractivity contribution in [2.75, 3.05) is 0 Å². The summed E-state index contributed by atoms with van der Waals surface area (Å²) in [5, 5.41) is 17.9. The van der Waals surface area contributed by atoms with Crippen LogP contribution in [0.3, 0.4) is 0 Å². The number of rotatable bonds is 2. The van der Waals surface area contributed by atoms with Crippen molar-refractivity contribution in [3.05, 3.63) is 28.8 Å². The van der Waals surface area contributed by atoms with E-state index in [-0.39, 0.29) is 22.1 Å². The molecule has 0 heterocycles. The Morgan fingerprint density at radius 3 is 2.86 bits per heavy atom. The van der Waals surface area contributed by atoms with Crippen molar-refractivity contribution in [2.24, 2.45) is 5.92 Å². The number of halogens is 1. The van der Waals surface area contributed by atoms with Crippen LogP contribution in [0.2, 0.25) is 5.02 Å². The standard InChI is InChI=1S/C10H8ClNO2/c1-6(5-12)10(14)8-4-7(13)2-3-9(8)11/h2-4,6,13H,1H3. The minimum Gasteiger partial charge on any atom is -0.508 e. The van der Waals surface area contributed by atoms with Crippen LogP contribution in [0.1, 0.15) is 17.3 Å². The van der Waals surface area contributed by atoms with E-state index < -0.39 is 5.92 Å². The topological polar surface area (TPSA) is 61.1 Å². The molecule has 1 unspecified atom stereocenters. The third kappa shape index (κ3) is 2.04. The summed E-state index contributed by atoms with van der Waals surface area (Å²) in [5.41, 5.74) is 0.181. The lowest BCUT2D eigenvalue weighted by atomic mass is 10.0. The number of ketones is 1. The molecule has 3 nitrogen and oxygen atoms in total. The lowest BCUT2D eigenvalue weighted by Gasteiger charge is -2.04. The van der Waals surface area contributed by atoms with Crippen LogP contribution in [0.4, 0.5) is 0 Å². The molecule has 14 heavy (non-hydrogen) atoms. The van der Waals surface area contributed by atoms with E-state index in [4.69, 9.17) is 22.0 Å². The van der Waals surface area contributed by atoms with Crippen molar-refractivity contribution in [1.29, 1.82) is 5.26 Å². The molecule has 0 saturated heterocycles. The van der Waals surface area contributed by atoms with Crippen LogP contribution >= 0.6 is 11.6 Å². The van der Waals surface area contributed by atoms with Crippen LogP contribution < -0.4 is 0 Å². The zero-order valence-electron chi connectivity index (χ0n) is 7.49. The summed E-state index contributed by atoms with van der Waals surface area (Å²) in [6.07, 6.45) is 0. The molecular formula is C10H8ClNO2. The summed E-state index contributed by atoms with van der Waals surface area (Å²) in [6.45, 7) is 1.49. The second kappa shape index (κ2) is 4.12. The number of phenols is 1. The van der Waals surface area contributed by atoms with E-state index in [0.717, 1.165) is 0 Å². The molecule has 0 amide bonds. The zero-order valence-corrected chi connectivity index (χ0v) is 8.25. The van der Waals surface area contributed by atoms with E-state index in [0.29, 0.717) is 0 Å². The predicted molar refractivity (Wildman–Crippen MR) is 52.2 cm³/mol. The van der Waals surface area contributed by atoms with Crippen LogP contribution in [-0.4, -0.2) is 10.9 Å². The van der Waals surface area contributed by atoms with Crippen LogP contribution in [0, 0.1) is 17.2 Å². The summed E-state index contributed by atoms with van der Waals surface area (Å²) in [7, 11) is 0. The number of nitrogens with zero attached hydrogens (tertiary/aromatic N) is 1. The Bertz CT molecular complexity index is 409. The first kappa shape index (κ1) is 10.6. The highest BCUT2D eigenvalue weighted by atomic mass is 35.5. The number of Topliss-reactive ketones (excluding diaryl/α,β-unsaturated/α-hetero) is 1. The van der Waals surface area contributed by atoms with Crippen molar-refractivity contribution >= 4 is 17.4 Å². The molecule has 0 aliphatic carbocycles. The first-order valence-corrected chi connectivity index (χ1v) is 4.36. The Morgan fingerprint density at radius 2 is 2.29 bits per heavy atom. The van der Waals surface area contributed by atoms with Crippen molar-refractivity contribution < 1.29 is 9.90 Å². The third-order valence-corrected chi connectivity index (χ3v) is 2.13. The molecule has 0 saturated carbocycles. The summed E-state index contributed by atoms with van der Waals surface area (Å²) >= 11 is 5.75. The highest BCUT2D eigenvalue weighted by Crippen LogP contribution is 2.23. The SMILES string of the molecule is CC(C#N)C(=O)c1cc(O)ccc1Cl. The van der Waals surface area contributed by atoms with E-state index in [2.05, 4.69) is 0 Å². The molecule has 1 N–H and O–H groups in total. The van der Waals surface area contributed by atoms with Gasteiger partial charge in [-0.15, -0.1) is 0 Å². The number of phenolic OH excluding ortho intramolecular Hbond substituents is 1. The van der Waals surface area contributed by atoms with Gasteiger partial charge in [-0.25, -0.2) is 0 Å². The molecule has 4 heteroatoms. The van der Waals surface area contributed by atoms with Gasteiger partial charge < -0.3 is 5.11 Å². The molecule has 0 aromatic heterocycles. The first-order valence-electron chi connectivity index (χ1n) is 3.98. The molecular weight excluding hydrogens is 202 g/mol. The van der Waals surface area contributed by atoms with E-state index in [9.17, 15) is 4.79 Å². The average Bonchev–Trinajstić information content (AvgIpc) is 2.19. The summed E-state index contributed by atoms with van der Waals surface area (Å²) in [4.78, 5) is 11.5. The maximum Gasteiger partial charge on any atom is 0.181 e. The summed E-state index contributed by atoms with van der Waals surface area (Å²) in [6, 6.07) is 5.89. The molecule has 1 rings (SSSR count). The van der Waals surface area contributed by atoms with Gasteiger partial charge >= 0.3 is 0 Å². The Hall–Kier alpha value is -1.53.